The Hall–Kier alpha value is -1.07. The average Bonchev–Trinajstić information content (AvgIpc) is 2.37. The molecule has 1 rings (SSSR count). The highest BCUT2D eigenvalue weighted by atomic mass is 79.9. The minimum atomic E-state index is -0.0288. The highest BCUT2D eigenvalue weighted by molar-refractivity contribution is 9.09. The molecule has 1 aromatic carbocycles. The van der Waals surface area contributed by atoms with Gasteiger partial charge in [0.05, 0.1) is 19.6 Å². The smallest absolute Gasteiger partial charge is 0.226 e. The van der Waals surface area contributed by atoms with Crippen molar-refractivity contribution in [2.24, 2.45) is 0 Å². The molecule has 0 saturated heterocycles. The number of phenolic OH excluding ortho intramolecular Hbond substituents is 1. The van der Waals surface area contributed by atoms with Crippen molar-refractivity contribution in [3.63, 3.8) is 0 Å². The number of phenols is 1. The molecule has 1 aromatic rings. The standard InChI is InChI=1S/C13H18BrNO3/c1-15(7-9-18-8-6-14)13(17)10-11-4-2-3-5-12(11)16/h2-5,16H,6-10H2,1H3. The third-order valence-corrected chi connectivity index (χ3v) is 2.88. The zero-order valence-corrected chi connectivity index (χ0v) is 12.0. The quantitative estimate of drug-likeness (QED) is 0.616. The van der Waals surface area contributed by atoms with Crippen molar-refractivity contribution in [1.82, 2.24) is 4.90 Å². The van der Waals surface area contributed by atoms with E-state index in [4.69, 9.17) is 4.74 Å². The number of amides is 1. The fourth-order valence-corrected chi connectivity index (χ4v) is 1.67. The molecule has 4 nitrogen and oxygen atoms in total. The van der Waals surface area contributed by atoms with Gasteiger partial charge in [0.1, 0.15) is 5.75 Å². The van der Waals surface area contributed by atoms with Crippen LogP contribution in [0.25, 0.3) is 0 Å². The van der Waals surface area contributed by atoms with Gasteiger partial charge >= 0.3 is 0 Å². The summed E-state index contributed by atoms with van der Waals surface area (Å²) in [4.78, 5) is 13.5. The molecule has 0 aliphatic heterocycles. The first-order valence-corrected chi connectivity index (χ1v) is 6.92. The number of alkyl halides is 1. The second-order valence-electron chi connectivity index (χ2n) is 3.92. The maximum Gasteiger partial charge on any atom is 0.226 e. The highest BCUT2D eigenvalue weighted by Gasteiger charge is 2.11. The van der Waals surface area contributed by atoms with E-state index in [9.17, 15) is 9.90 Å². The maximum atomic E-state index is 11.9. The van der Waals surface area contributed by atoms with Crippen molar-refractivity contribution in [2.75, 3.05) is 32.1 Å². The first kappa shape index (κ1) is 15.0. The molecule has 0 fully saturated rings. The molecule has 0 heterocycles. The van der Waals surface area contributed by atoms with Gasteiger partial charge in [0, 0.05) is 24.5 Å². The van der Waals surface area contributed by atoms with Gasteiger partial charge in [0.25, 0.3) is 0 Å². The molecule has 18 heavy (non-hydrogen) atoms. The Morgan fingerprint density at radius 1 is 1.39 bits per heavy atom. The van der Waals surface area contributed by atoms with Crippen LogP contribution in [0.1, 0.15) is 5.56 Å². The number of nitrogens with zero attached hydrogens (tertiary/aromatic N) is 1. The summed E-state index contributed by atoms with van der Waals surface area (Å²) in [6.45, 7) is 1.72. The normalized spacial score (nSPS) is 10.3. The molecular formula is C13H18BrNO3. The molecule has 0 bridgehead atoms. The van der Waals surface area contributed by atoms with E-state index in [2.05, 4.69) is 15.9 Å². The number of para-hydroxylation sites is 1. The lowest BCUT2D eigenvalue weighted by molar-refractivity contribution is -0.129. The third-order valence-electron chi connectivity index (χ3n) is 2.55. The topological polar surface area (TPSA) is 49.8 Å². The highest BCUT2D eigenvalue weighted by Crippen LogP contribution is 2.16. The lowest BCUT2D eigenvalue weighted by Crippen LogP contribution is -2.31. The van der Waals surface area contributed by atoms with Crippen LogP contribution in [0.15, 0.2) is 24.3 Å². The molecule has 0 unspecified atom stereocenters. The molecule has 0 aromatic heterocycles. The lowest BCUT2D eigenvalue weighted by atomic mass is 10.1. The molecule has 5 heteroatoms. The fourth-order valence-electron chi connectivity index (χ4n) is 1.44. The summed E-state index contributed by atoms with van der Waals surface area (Å²) in [6, 6.07) is 6.88. The van der Waals surface area contributed by atoms with Crippen LogP contribution < -0.4 is 0 Å². The van der Waals surface area contributed by atoms with E-state index < -0.39 is 0 Å². The van der Waals surface area contributed by atoms with E-state index in [1.165, 1.54) is 0 Å². The van der Waals surface area contributed by atoms with Gasteiger partial charge in [0.2, 0.25) is 5.91 Å². The number of likely N-dealkylation sites (N-methyl/N-ethyl adjacent to an activating group) is 1. The zero-order valence-electron chi connectivity index (χ0n) is 10.4. The van der Waals surface area contributed by atoms with Gasteiger partial charge in [-0.2, -0.15) is 0 Å². The number of ether oxygens (including phenoxy) is 1. The van der Waals surface area contributed by atoms with Crippen molar-refractivity contribution >= 4 is 21.8 Å². The van der Waals surface area contributed by atoms with Gasteiger partial charge in [-0.1, -0.05) is 34.1 Å². The Kier molecular flexibility index (Phi) is 6.75. The predicted octanol–water partition coefficient (Wildman–Crippen LogP) is 1.80. The number of hydrogen-bond donors (Lipinski definition) is 1. The summed E-state index contributed by atoms with van der Waals surface area (Å²) >= 11 is 3.26. The van der Waals surface area contributed by atoms with Gasteiger partial charge in [-0.3, -0.25) is 4.79 Å². The van der Waals surface area contributed by atoms with Crippen LogP contribution in [0.3, 0.4) is 0 Å². The summed E-state index contributed by atoms with van der Waals surface area (Å²) in [7, 11) is 1.74. The fraction of sp³-hybridized carbons (Fsp3) is 0.462. The molecule has 0 atom stereocenters. The first-order valence-electron chi connectivity index (χ1n) is 5.79. The third kappa shape index (κ3) is 5.06. The Labute approximate surface area is 116 Å². The van der Waals surface area contributed by atoms with Crippen LogP contribution >= 0.6 is 15.9 Å². The number of halogens is 1. The number of benzene rings is 1. The van der Waals surface area contributed by atoms with Crippen LogP contribution in [0, 0.1) is 0 Å². The SMILES string of the molecule is CN(CCOCCBr)C(=O)Cc1ccccc1O. The van der Waals surface area contributed by atoms with Crippen molar-refractivity contribution in [3.8, 4) is 5.75 Å². The molecule has 0 radical (unpaired) electrons. The van der Waals surface area contributed by atoms with E-state index in [1.54, 1.807) is 36.2 Å². The summed E-state index contributed by atoms with van der Waals surface area (Å²) in [5.41, 5.74) is 0.649. The first-order chi connectivity index (χ1) is 8.65. The maximum absolute atomic E-state index is 11.9. The van der Waals surface area contributed by atoms with Gasteiger partial charge in [-0.15, -0.1) is 0 Å². The molecule has 0 saturated carbocycles. The van der Waals surface area contributed by atoms with Crippen LogP contribution in [-0.2, 0) is 16.0 Å². The summed E-state index contributed by atoms with van der Waals surface area (Å²) in [6.07, 6.45) is 0.210. The van der Waals surface area contributed by atoms with Crippen molar-refractivity contribution in [2.45, 2.75) is 6.42 Å². The van der Waals surface area contributed by atoms with Gasteiger partial charge < -0.3 is 14.7 Å². The molecule has 1 amide bonds. The average molecular weight is 316 g/mol. The van der Waals surface area contributed by atoms with E-state index in [-0.39, 0.29) is 18.1 Å². The number of carbonyl (C=O) groups excluding carboxylic acids is 1. The second kappa shape index (κ2) is 8.11. The van der Waals surface area contributed by atoms with Crippen molar-refractivity contribution < 1.29 is 14.6 Å². The number of hydrogen-bond acceptors (Lipinski definition) is 3. The minimum Gasteiger partial charge on any atom is -0.508 e. The lowest BCUT2D eigenvalue weighted by Gasteiger charge is -2.17. The Morgan fingerprint density at radius 2 is 2.11 bits per heavy atom. The molecular weight excluding hydrogens is 298 g/mol. The molecule has 0 aliphatic carbocycles. The van der Waals surface area contributed by atoms with Crippen molar-refractivity contribution in [1.29, 1.82) is 0 Å². The number of carbonyl (C=O) groups is 1. The van der Waals surface area contributed by atoms with Gasteiger partial charge in [0.15, 0.2) is 0 Å². The summed E-state index contributed by atoms with van der Waals surface area (Å²) in [5, 5.41) is 10.4. The van der Waals surface area contributed by atoms with E-state index in [1.807, 2.05) is 0 Å². The summed E-state index contributed by atoms with van der Waals surface area (Å²) in [5.74, 6) is 0.133. The van der Waals surface area contributed by atoms with Gasteiger partial charge in [-0.25, -0.2) is 0 Å². The van der Waals surface area contributed by atoms with E-state index in [0.29, 0.717) is 25.3 Å². The van der Waals surface area contributed by atoms with Crippen LogP contribution in [0.2, 0.25) is 0 Å². The largest absolute Gasteiger partial charge is 0.508 e. The second-order valence-corrected chi connectivity index (χ2v) is 4.72. The number of aromatic hydroxyl groups is 1. The molecule has 0 aliphatic rings. The molecule has 1 N–H and O–H groups in total. The predicted molar refractivity (Wildman–Crippen MR) is 74.1 cm³/mol. The van der Waals surface area contributed by atoms with Crippen LogP contribution in [0.5, 0.6) is 5.75 Å². The minimum absolute atomic E-state index is 0.0288. The van der Waals surface area contributed by atoms with Gasteiger partial charge in [-0.05, 0) is 6.07 Å². The van der Waals surface area contributed by atoms with E-state index >= 15 is 0 Å². The Bertz CT molecular complexity index is 384. The number of rotatable bonds is 7. The van der Waals surface area contributed by atoms with Crippen LogP contribution in [-0.4, -0.2) is 48.0 Å². The monoisotopic (exact) mass is 315 g/mol. The van der Waals surface area contributed by atoms with Crippen LogP contribution in [0.4, 0.5) is 0 Å². The van der Waals surface area contributed by atoms with E-state index in [0.717, 1.165) is 5.33 Å². The zero-order chi connectivity index (χ0) is 13.4. The Morgan fingerprint density at radius 3 is 2.78 bits per heavy atom. The Balaban J connectivity index is 2.38. The summed E-state index contributed by atoms with van der Waals surface area (Å²) < 4.78 is 5.29. The molecule has 100 valence electrons. The van der Waals surface area contributed by atoms with Crippen molar-refractivity contribution in [3.05, 3.63) is 29.8 Å². The molecule has 0 spiro atoms.